The smallest absolute Gasteiger partial charge is 0.255 e. The minimum Gasteiger partial charge on any atom is -0.330 e. The lowest BCUT2D eigenvalue weighted by Crippen LogP contribution is -2.12. The number of amides is 1. The van der Waals surface area contributed by atoms with E-state index < -0.39 is 5.82 Å². The van der Waals surface area contributed by atoms with Crippen LogP contribution in [-0.4, -0.2) is 15.5 Å². The zero-order valence-electron chi connectivity index (χ0n) is 14.5. The minimum atomic E-state index is -0.459. The van der Waals surface area contributed by atoms with E-state index in [0.717, 1.165) is 11.4 Å². The second kappa shape index (κ2) is 7.83. The highest BCUT2D eigenvalue weighted by molar-refractivity contribution is 9.10. The van der Waals surface area contributed by atoms with Crippen LogP contribution in [0.3, 0.4) is 0 Å². The van der Waals surface area contributed by atoms with Crippen LogP contribution in [0.2, 0.25) is 0 Å². The van der Waals surface area contributed by atoms with Crippen molar-refractivity contribution in [1.29, 1.82) is 0 Å². The lowest BCUT2D eigenvalue weighted by atomic mass is 10.1. The van der Waals surface area contributed by atoms with Crippen molar-refractivity contribution in [1.82, 2.24) is 9.55 Å². The van der Waals surface area contributed by atoms with E-state index in [9.17, 15) is 9.18 Å². The van der Waals surface area contributed by atoms with Gasteiger partial charge in [-0.3, -0.25) is 4.79 Å². The molecule has 6 heteroatoms. The molecule has 26 heavy (non-hydrogen) atoms. The maximum atomic E-state index is 13.5. The molecule has 0 aliphatic rings. The third kappa shape index (κ3) is 4.38. The molecule has 3 aromatic rings. The van der Waals surface area contributed by atoms with Gasteiger partial charge < -0.3 is 9.88 Å². The van der Waals surface area contributed by atoms with Crippen LogP contribution in [-0.2, 0) is 6.54 Å². The lowest BCUT2D eigenvalue weighted by molar-refractivity contribution is 0.102. The number of benzene rings is 2. The van der Waals surface area contributed by atoms with Crippen LogP contribution in [0.15, 0.2) is 59.3 Å². The van der Waals surface area contributed by atoms with Gasteiger partial charge in [0.15, 0.2) is 0 Å². The van der Waals surface area contributed by atoms with Crippen molar-refractivity contribution >= 4 is 27.5 Å². The predicted octanol–water partition coefficient (Wildman–Crippen LogP) is 5.21. The number of hydrogen-bond donors (Lipinski definition) is 1. The van der Waals surface area contributed by atoms with Gasteiger partial charge in [0.05, 0.1) is 0 Å². The number of rotatable bonds is 5. The summed E-state index contributed by atoms with van der Waals surface area (Å²) in [6, 6.07) is 11.7. The van der Waals surface area contributed by atoms with Crippen LogP contribution in [0.5, 0.6) is 0 Å². The number of imidazole rings is 1. The molecule has 3 rings (SSSR count). The fraction of sp³-hybridized carbons (Fsp3) is 0.200. The van der Waals surface area contributed by atoms with Crippen LogP contribution in [0.25, 0.3) is 0 Å². The van der Waals surface area contributed by atoms with Crippen molar-refractivity contribution < 1.29 is 9.18 Å². The Balaban J connectivity index is 1.77. The molecule has 1 heterocycles. The van der Waals surface area contributed by atoms with Crippen LogP contribution in [0.4, 0.5) is 10.1 Å². The van der Waals surface area contributed by atoms with Crippen LogP contribution in [0, 0.1) is 5.82 Å². The molecule has 0 saturated carbocycles. The van der Waals surface area contributed by atoms with E-state index in [1.54, 1.807) is 12.3 Å². The molecular weight excluding hydrogens is 397 g/mol. The zero-order chi connectivity index (χ0) is 18.7. The number of carbonyl (C=O) groups is 1. The van der Waals surface area contributed by atoms with E-state index in [1.807, 2.05) is 30.5 Å². The molecule has 1 amide bonds. The first-order chi connectivity index (χ1) is 12.4. The summed E-state index contributed by atoms with van der Waals surface area (Å²) in [7, 11) is 0. The van der Waals surface area contributed by atoms with E-state index in [1.165, 1.54) is 12.1 Å². The van der Waals surface area contributed by atoms with Crippen molar-refractivity contribution in [3.63, 3.8) is 0 Å². The van der Waals surface area contributed by atoms with Gasteiger partial charge in [-0.15, -0.1) is 0 Å². The van der Waals surface area contributed by atoms with Gasteiger partial charge in [-0.05, 0) is 35.9 Å². The van der Waals surface area contributed by atoms with Gasteiger partial charge in [0, 0.05) is 40.6 Å². The third-order valence-corrected chi connectivity index (χ3v) is 4.38. The van der Waals surface area contributed by atoms with E-state index in [0.29, 0.717) is 22.6 Å². The van der Waals surface area contributed by atoms with Crippen LogP contribution < -0.4 is 5.32 Å². The molecule has 1 N–H and O–H groups in total. The summed E-state index contributed by atoms with van der Waals surface area (Å²) in [6.07, 6.45) is 3.74. The number of aromatic nitrogens is 2. The average molecular weight is 416 g/mol. The normalized spacial score (nSPS) is 11.0. The number of nitrogens with one attached hydrogen (secondary N) is 1. The van der Waals surface area contributed by atoms with Crippen molar-refractivity contribution in [3.8, 4) is 0 Å². The molecule has 0 saturated heterocycles. The van der Waals surface area contributed by atoms with E-state index in [-0.39, 0.29) is 11.5 Å². The SMILES string of the molecule is CC(C)c1nccn1Cc1cccc(NC(=O)c2cc(F)cc(Br)c2)c1. The van der Waals surface area contributed by atoms with Gasteiger partial charge in [-0.2, -0.15) is 0 Å². The number of nitrogens with zero attached hydrogens (tertiary/aromatic N) is 2. The Morgan fingerprint density at radius 1 is 1.27 bits per heavy atom. The first-order valence-electron chi connectivity index (χ1n) is 8.30. The second-order valence-electron chi connectivity index (χ2n) is 6.38. The Morgan fingerprint density at radius 3 is 2.81 bits per heavy atom. The number of halogens is 2. The van der Waals surface area contributed by atoms with Gasteiger partial charge in [-0.1, -0.05) is 41.9 Å². The molecular formula is C20H19BrFN3O. The summed E-state index contributed by atoms with van der Waals surface area (Å²) in [6.45, 7) is 4.88. The first-order valence-corrected chi connectivity index (χ1v) is 9.09. The molecule has 0 aliphatic carbocycles. The maximum Gasteiger partial charge on any atom is 0.255 e. The fourth-order valence-corrected chi connectivity index (χ4v) is 3.25. The highest BCUT2D eigenvalue weighted by atomic mass is 79.9. The summed E-state index contributed by atoms with van der Waals surface area (Å²) in [4.78, 5) is 16.8. The third-order valence-electron chi connectivity index (χ3n) is 3.93. The Morgan fingerprint density at radius 2 is 2.08 bits per heavy atom. The second-order valence-corrected chi connectivity index (χ2v) is 7.30. The number of anilines is 1. The molecule has 0 spiro atoms. The topological polar surface area (TPSA) is 46.9 Å². The van der Waals surface area contributed by atoms with Crippen molar-refractivity contribution in [2.24, 2.45) is 0 Å². The van der Waals surface area contributed by atoms with E-state index in [2.05, 4.69) is 44.6 Å². The molecule has 134 valence electrons. The number of hydrogen-bond acceptors (Lipinski definition) is 2. The van der Waals surface area contributed by atoms with E-state index in [4.69, 9.17) is 0 Å². The Bertz CT molecular complexity index is 916. The molecule has 0 bridgehead atoms. The fourth-order valence-electron chi connectivity index (χ4n) is 2.79. The highest BCUT2D eigenvalue weighted by Gasteiger charge is 2.10. The highest BCUT2D eigenvalue weighted by Crippen LogP contribution is 2.19. The van der Waals surface area contributed by atoms with Crippen molar-refractivity contribution in [3.05, 3.63) is 82.1 Å². The Labute approximate surface area is 160 Å². The minimum absolute atomic E-state index is 0.263. The van der Waals surface area contributed by atoms with Gasteiger partial charge in [0.25, 0.3) is 5.91 Å². The molecule has 0 aliphatic heterocycles. The summed E-state index contributed by atoms with van der Waals surface area (Å²) >= 11 is 3.20. The summed E-state index contributed by atoms with van der Waals surface area (Å²) < 4.78 is 16.1. The molecule has 0 fully saturated rings. The predicted molar refractivity (Wildman–Crippen MR) is 104 cm³/mol. The zero-order valence-corrected chi connectivity index (χ0v) is 16.1. The molecule has 2 aromatic carbocycles. The molecule has 1 aromatic heterocycles. The first kappa shape index (κ1) is 18.3. The van der Waals surface area contributed by atoms with Gasteiger partial charge >= 0.3 is 0 Å². The standard InChI is InChI=1S/C20H19BrFN3O/c1-13(2)19-23-6-7-25(19)12-14-4-3-5-18(8-14)24-20(26)15-9-16(21)11-17(22)10-15/h3-11,13H,12H2,1-2H3,(H,24,26). The Hall–Kier alpha value is -2.47. The molecule has 0 unspecified atom stereocenters. The van der Waals surface area contributed by atoms with Gasteiger partial charge in [0.2, 0.25) is 0 Å². The average Bonchev–Trinajstić information content (AvgIpc) is 3.02. The van der Waals surface area contributed by atoms with Crippen molar-refractivity contribution in [2.45, 2.75) is 26.3 Å². The Kier molecular flexibility index (Phi) is 5.52. The lowest BCUT2D eigenvalue weighted by Gasteiger charge is -2.12. The van der Waals surface area contributed by atoms with Gasteiger partial charge in [0.1, 0.15) is 11.6 Å². The molecule has 0 atom stereocenters. The maximum absolute atomic E-state index is 13.5. The van der Waals surface area contributed by atoms with Gasteiger partial charge in [-0.25, -0.2) is 9.37 Å². The van der Waals surface area contributed by atoms with Crippen molar-refractivity contribution in [2.75, 3.05) is 5.32 Å². The number of carbonyl (C=O) groups excluding carboxylic acids is 1. The van der Waals surface area contributed by atoms with Crippen LogP contribution in [0.1, 0.15) is 41.5 Å². The summed E-state index contributed by atoms with van der Waals surface area (Å²) in [5.41, 5.74) is 1.97. The molecule has 0 radical (unpaired) electrons. The molecule has 4 nitrogen and oxygen atoms in total. The monoisotopic (exact) mass is 415 g/mol. The van der Waals surface area contributed by atoms with Crippen LogP contribution >= 0.6 is 15.9 Å². The summed E-state index contributed by atoms with van der Waals surface area (Å²) in [5.74, 6) is 0.538. The quantitative estimate of drug-likeness (QED) is 0.621. The summed E-state index contributed by atoms with van der Waals surface area (Å²) in [5, 5.41) is 2.82. The largest absolute Gasteiger partial charge is 0.330 e. The van der Waals surface area contributed by atoms with E-state index >= 15 is 0 Å².